The number of carbonyl (C=O) groups is 1. The van der Waals surface area contributed by atoms with Crippen LogP contribution in [0, 0.1) is 17.5 Å². The van der Waals surface area contributed by atoms with Crippen LogP contribution in [0.5, 0.6) is 11.5 Å². The maximum Gasteiger partial charge on any atom is 0.333 e. The third-order valence-corrected chi connectivity index (χ3v) is 7.17. The van der Waals surface area contributed by atoms with Crippen molar-refractivity contribution in [1.82, 2.24) is 10.6 Å². The molecule has 0 aromatic heterocycles. The van der Waals surface area contributed by atoms with Gasteiger partial charge in [0.25, 0.3) is 0 Å². The van der Waals surface area contributed by atoms with Gasteiger partial charge in [-0.25, -0.2) is 13.6 Å². The Balaban J connectivity index is 0.000000255. The number of halogens is 4. The van der Waals surface area contributed by atoms with Crippen molar-refractivity contribution in [2.75, 3.05) is 26.3 Å². The number of rotatable bonds is 10. The minimum atomic E-state index is -1.38. The topological polar surface area (TPSA) is 79.8 Å². The Morgan fingerprint density at radius 1 is 0.975 bits per heavy atom. The molecule has 40 heavy (non-hydrogen) atoms. The number of ether oxygens (including phenoxy) is 2. The van der Waals surface area contributed by atoms with Gasteiger partial charge in [0.1, 0.15) is 19.0 Å². The van der Waals surface area contributed by atoms with E-state index in [2.05, 4.69) is 44.8 Å². The molecule has 0 unspecified atom stereocenters. The van der Waals surface area contributed by atoms with E-state index in [0.29, 0.717) is 36.9 Å². The first-order valence-corrected chi connectivity index (χ1v) is 13.7. The third-order valence-electron chi connectivity index (χ3n) is 6.40. The average Bonchev–Trinajstić information content (AvgIpc) is 3.80. The highest BCUT2D eigenvalue weighted by molar-refractivity contribution is 9.10. The minimum absolute atomic E-state index is 0.0122. The van der Waals surface area contributed by atoms with E-state index in [1.54, 1.807) is 24.3 Å². The second kappa shape index (κ2) is 14.3. The minimum Gasteiger partial charge on any atom is -0.490 e. The Labute approximate surface area is 239 Å². The van der Waals surface area contributed by atoms with Gasteiger partial charge in [-0.15, -0.1) is 0 Å². The fourth-order valence-electron chi connectivity index (χ4n) is 4.09. The van der Waals surface area contributed by atoms with E-state index < -0.39 is 29.2 Å². The number of hydrogen-bond acceptors (Lipinski definition) is 5. The number of carboxylic acid groups (broad SMARTS) is 1. The van der Waals surface area contributed by atoms with Gasteiger partial charge in [-0.3, -0.25) is 0 Å². The van der Waals surface area contributed by atoms with Crippen LogP contribution in [0.4, 0.5) is 13.2 Å². The molecule has 6 nitrogen and oxygen atoms in total. The highest BCUT2D eigenvalue weighted by Gasteiger charge is 2.20. The van der Waals surface area contributed by atoms with Crippen LogP contribution in [0.25, 0.3) is 5.57 Å². The third kappa shape index (κ3) is 8.33. The quantitative estimate of drug-likeness (QED) is 0.188. The molecule has 5 rings (SSSR count). The molecule has 0 spiro atoms. The fourth-order valence-corrected chi connectivity index (χ4v) is 4.51. The molecule has 0 radical (unpaired) electrons. The van der Waals surface area contributed by atoms with Crippen molar-refractivity contribution >= 4 is 27.5 Å². The van der Waals surface area contributed by atoms with Gasteiger partial charge < -0.3 is 25.2 Å². The van der Waals surface area contributed by atoms with Crippen LogP contribution in [0.15, 0.2) is 70.7 Å². The lowest BCUT2D eigenvalue weighted by atomic mass is 9.94. The number of carboxylic acids is 1. The molecule has 0 saturated heterocycles. The Kier molecular flexibility index (Phi) is 10.6. The van der Waals surface area contributed by atoms with Crippen LogP contribution in [0.1, 0.15) is 30.4 Å². The highest BCUT2D eigenvalue weighted by atomic mass is 79.9. The van der Waals surface area contributed by atoms with E-state index in [-0.39, 0.29) is 13.2 Å². The molecule has 0 amide bonds. The van der Waals surface area contributed by atoms with Crippen molar-refractivity contribution in [2.24, 2.45) is 0 Å². The van der Waals surface area contributed by atoms with Crippen LogP contribution >= 0.6 is 15.9 Å². The lowest BCUT2D eigenvalue weighted by molar-refractivity contribution is -0.132. The number of nitrogens with one attached hydrogen (secondary N) is 2. The first-order chi connectivity index (χ1) is 19.3. The summed E-state index contributed by atoms with van der Waals surface area (Å²) >= 11 is 3.53. The van der Waals surface area contributed by atoms with Gasteiger partial charge >= 0.3 is 5.97 Å². The van der Waals surface area contributed by atoms with Crippen LogP contribution in [-0.4, -0.2) is 43.4 Å². The molecule has 10 heteroatoms. The molecule has 1 saturated carbocycles. The second-order valence-corrected chi connectivity index (χ2v) is 10.2. The van der Waals surface area contributed by atoms with Crippen molar-refractivity contribution < 1.29 is 32.5 Å². The highest BCUT2D eigenvalue weighted by Crippen LogP contribution is 2.27. The summed E-state index contributed by atoms with van der Waals surface area (Å²) in [5, 5.41) is 15.8. The van der Waals surface area contributed by atoms with Crippen molar-refractivity contribution in [3.05, 3.63) is 99.3 Å². The molecular weight excluding hydrogens is 589 g/mol. The standard InChI is InChI=1S/C20H18F3NO4.C10H12BrN/c21-16-5-6-17(22)19(18(16)23)28-10-9-27-13-3-1-12(2-4-13)14-7-8-24-11-15(14)20(25)26;11-10-4-2-1-3-8(10)7-12-9-5-6-9/h1-6,24H,7-11H2,(H,25,26);1-4,9,12H,5-7H2. The van der Waals surface area contributed by atoms with Crippen LogP contribution < -0.4 is 20.1 Å². The van der Waals surface area contributed by atoms with Crippen LogP contribution in [0.2, 0.25) is 0 Å². The molecular formula is C30H30BrF3N2O4. The molecule has 1 fully saturated rings. The Morgan fingerprint density at radius 2 is 1.68 bits per heavy atom. The van der Waals surface area contributed by atoms with E-state index in [4.69, 9.17) is 9.47 Å². The summed E-state index contributed by atoms with van der Waals surface area (Å²) in [7, 11) is 0. The molecule has 1 aliphatic heterocycles. The normalized spacial score (nSPS) is 14.8. The second-order valence-electron chi connectivity index (χ2n) is 9.33. The summed E-state index contributed by atoms with van der Waals surface area (Å²) in [6.07, 6.45) is 3.31. The largest absolute Gasteiger partial charge is 0.490 e. The number of aliphatic carboxylic acids is 1. The van der Waals surface area contributed by atoms with E-state index in [9.17, 15) is 23.1 Å². The molecule has 3 N–H and O–H groups in total. The van der Waals surface area contributed by atoms with Crippen molar-refractivity contribution in [2.45, 2.75) is 31.8 Å². The van der Waals surface area contributed by atoms with Gasteiger partial charge in [0.15, 0.2) is 17.4 Å². The monoisotopic (exact) mass is 618 g/mol. The fraction of sp³-hybridized carbons (Fsp3) is 0.300. The smallest absolute Gasteiger partial charge is 0.333 e. The molecule has 3 aromatic rings. The van der Waals surface area contributed by atoms with Gasteiger partial charge in [-0.1, -0.05) is 46.3 Å². The summed E-state index contributed by atoms with van der Waals surface area (Å²) in [6, 6.07) is 17.5. The van der Waals surface area contributed by atoms with E-state index >= 15 is 0 Å². The molecule has 3 aromatic carbocycles. The van der Waals surface area contributed by atoms with Gasteiger partial charge in [0.05, 0.1) is 5.57 Å². The maximum atomic E-state index is 13.5. The van der Waals surface area contributed by atoms with Crippen molar-refractivity contribution in [3.8, 4) is 11.5 Å². The lowest BCUT2D eigenvalue weighted by Crippen LogP contribution is -2.28. The summed E-state index contributed by atoms with van der Waals surface area (Å²) in [4.78, 5) is 11.4. The van der Waals surface area contributed by atoms with E-state index in [1.807, 2.05) is 6.07 Å². The van der Waals surface area contributed by atoms with E-state index in [0.717, 1.165) is 29.8 Å². The average molecular weight is 619 g/mol. The van der Waals surface area contributed by atoms with Gasteiger partial charge in [0.2, 0.25) is 5.82 Å². The molecule has 1 heterocycles. The molecule has 0 atom stereocenters. The summed E-state index contributed by atoms with van der Waals surface area (Å²) in [5.41, 5.74) is 3.27. The predicted octanol–water partition coefficient (Wildman–Crippen LogP) is 6.09. The molecule has 0 bridgehead atoms. The first-order valence-electron chi connectivity index (χ1n) is 13.0. The zero-order chi connectivity index (χ0) is 28.5. The van der Waals surface area contributed by atoms with Gasteiger partial charge in [-0.2, -0.15) is 4.39 Å². The summed E-state index contributed by atoms with van der Waals surface area (Å²) in [6.45, 7) is 1.81. The molecule has 212 valence electrons. The summed E-state index contributed by atoms with van der Waals surface area (Å²) < 4.78 is 51.7. The van der Waals surface area contributed by atoms with Crippen molar-refractivity contribution in [1.29, 1.82) is 0 Å². The zero-order valence-electron chi connectivity index (χ0n) is 21.7. The zero-order valence-corrected chi connectivity index (χ0v) is 23.3. The summed E-state index contributed by atoms with van der Waals surface area (Å²) in [5.74, 6) is -4.81. The van der Waals surface area contributed by atoms with Gasteiger partial charge in [0, 0.05) is 23.6 Å². The van der Waals surface area contributed by atoms with E-state index in [1.165, 1.54) is 22.9 Å². The number of benzene rings is 3. The SMILES string of the molecule is Brc1ccccc1CNC1CC1.O=C(O)C1=C(c2ccc(OCCOc3c(F)ccc(F)c3F)cc2)CCNC1. The van der Waals surface area contributed by atoms with Crippen molar-refractivity contribution in [3.63, 3.8) is 0 Å². The van der Waals surface area contributed by atoms with Crippen LogP contribution in [-0.2, 0) is 11.3 Å². The first kappa shape index (κ1) is 29.6. The molecule has 1 aliphatic carbocycles. The number of hydrogen-bond donors (Lipinski definition) is 3. The maximum absolute atomic E-state index is 13.5. The van der Waals surface area contributed by atoms with Crippen LogP contribution in [0.3, 0.4) is 0 Å². The predicted molar refractivity (Wildman–Crippen MR) is 150 cm³/mol. The van der Waals surface area contributed by atoms with Gasteiger partial charge in [-0.05, 0) is 72.8 Å². The Bertz CT molecular complexity index is 1350. The Morgan fingerprint density at radius 3 is 2.38 bits per heavy atom. The Hall–Kier alpha value is -3.34. The molecule has 2 aliphatic rings. The lowest BCUT2D eigenvalue weighted by Gasteiger charge is -2.19.